The standard InChI is InChI=1S/C14H17ClN2O/c1-2-12-6-7-14(18-12)13(17-16)9-10-4-3-5-11(15)8-10/h3-8,13,17H,2,9,16H2,1H3. The summed E-state index contributed by atoms with van der Waals surface area (Å²) in [6.07, 6.45) is 1.63. The second-order valence-corrected chi connectivity index (χ2v) is 4.65. The molecule has 3 N–H and O–H groups in total. The second kappa shape index (κ2) is 6.05. The molecule has 1 aromatic carbocycles. The fraction of sp³-hybridized carbons (Fsp3) is 0.286. The van der Waals surface area contributed by atoms with E-state index in [2.05, 4.69) is 12.3 Å². The molecule has 1 unspecified atom stereocenters. The summed E-state index contributed by atoms with van der Waals surface area (Å²) >= 11 is 5.97. The molecule has 0 aliphatic heterocycles. The number of aryl methyl sites for hydroxylation is 1. The molecular formula is C14H17ClN2O. The average molecular weight is 265 g/mol. The molecule has 1 atom stereocenters. The molecule has 2 rings (SSSR count). The highest BCUT2D eigenvalue weighted by Crippen LogP contribution is 2.22. The van der Waals surface area contributed by atoms with E-state index in [4.69, 9.17) is 21.9 Å². The molecule has 2 aromatic rings. The summed E-state index contributed by atoms with van der Waals surface area (Å²) in [4.78, 5) is 0. The summed E-state index contributed by atoms with van der Waals surface area (Å²) in [6.45, 7) is 2.06. The fourth-order valence-electron chi connectivity index (χ4n) is 1.91. The van der Waals surface area contributed by atoms with E-state index in [-0.39, 0.29) is 6.04 Å². The zero-order valence-electron chi connectivity index (χ0n) is 10.3. The van der Waals surface area contributed by atoms with Crippen molar-refractivity contribution in [3.8, 4) is 0 Å². The van der Waals surface area contributed by atoms with Crippen LogP contribution in [0.1, 0.15) is 30.0 Å². The third-order valence-electron chi connectivity index (χ3n) is 2.90. The Labute approximate surface area is 112 Å². The normalized spacial score (nSPS) is 12.6. The smallest absolute Gasteiger partial charge is 0.122 e. The molecule has 0 spiro atoms. The van der Waals surface area contributed by atoms with Crippen molar-refractivity contribution >= 4 is 11.6 Å². The molecule has 4 heteroatoms. The maximum absolute atomic E-state index is 5.97. The summed E-state index contributed by atoms with van der Waals surface area (Å²) in [6, 6.07) is 11.7. The van der Waals surface area contributed by atoms with Crippen LogP contribution in [0.2, 0.25) is 5.02 Å². The average Bonchev–Trinajstić information content (AvgIpc) is 2.84. The number of hydrazine groups is 1. The highest BCUT2D eigenvalue weighted by Gasteiger charge is 2.14. The van der Waals surface area contributed by atoms with Crippen LogP contribution in [0.3, 0.4) is 0 Å². The van der Waals surface area contributed by atoms with E-state index in [1.807, 2.05) is 36.4 Å². The zero-order valence-corrected chi connectivity index (χ0v) is 11.1. The van der Waals surface area contributed by atoms with Gasteiger partial charge >= 0.3 is 0 Å². The predicted octanol–water partition coefficient (Wildman–Crippen LogP) is 3.24. The van der Waals surface area contributed by atoms with Crippen LogP contribution in [0.4, 0.5) is 0 Å². The van der Waals surface area contributed by atoms with Gasteiger partial charge in [0.2, 0.25) is 0 Å². The Balaban J connectivity index is 2.14. The van der Waals surface area contributed by atoms with Crippen molar-refractivity contribution in [1.82, 2.24) is 5.43 Å². The lowest BCUT2D eigenvalue weighted by atomic mass is 10.0. The Morgan fingerprint density at radius 1 is 1.33 bits per heavy atom. The number of hydrogen-bond acceptors (Lipinski definition) is 3. The van der Waals surface area contributed by atoms with E-state index in [1.54, 1.807) is 0 Å². The number of benzene rings is 1. The number of hydrogen-bond donors (Lipinski definition) is 2. The first kappa shape index (κ1) is 13.1. The number of rotatable bonds is 5. The maximum Gasteiger partial charge on any atom is 0.122 e. The van der Waals surface area contributed by atoms with Crippen molar-refractivity contribution in [1.29, 1.82) is 0 Å². The van der Waals surface area contributed by atoms with Crippen LogP contribution in [-0.4, -0.2) is 0 Å². The van der Waals surface area contributed by atoms with Crippen molar-refractivity contribution in [3.05, 3.63) is 58.5 Å². The lowest BCUT2D eigenvalue weighted by Gasteiger charge is -2.13. The Bertz CT molecular complexity index is 510. The molecule has 3 nitrogen and oxygen atoms in total. The molecule has 0 saturated heterocycles. The van der Waals surface area contributed by atoms with Gasteiger partial charge in [-0.15, -0.1) is 0 Å². The summed E-state index contributed by atoms with van der Waals surface area (Å²) in [7, 11) is 0. The van der Waals surface area contributed by atoms with E-state index in [0.29, 0.717) is 0 Å². The van der Waals surface area contributed by atoms with Gasteiger partial charge < -0.3 is 4.42 Å². The molecule has 96 valence electrons. The zero-order chi connectivity index (χ0) is 13.0. The van der Waals surface area contributed by atoms with Crippen LogP contribution in [-0.2, 0) is 12.8 Å². The van der Waals surface area contributed by atoms with Crippen molar-refractivity contribution in [2.75, 3.05) is 0 Å². The van der Waals surface area contributed by atoms with E-state index in [1.165, 1.54) is 0 Å². The van der Waals surface area contributed by atoms with Gasteiger partial charge in [0, 0.05) is 11.4 Å². The minimum atomic E-state index is -0.0382. The topological polar surface area (TPSA) is 51.2 Å². The summed E-state index contributed by atoms with van der Waals surface area (Å²) in [5.41, 5.74) is 3.91. The number of nitrogens with one attached hydrogen (secondary N) is 1. The van der Waals surface area contributed by atoms with Gasteiger partial charge in [0.1, 0.15) is 11.5 Å². The minimum absolute atomic E-state index is 0.0382. The molecule has 0 aliphatic rings. The summed E-state index contributed by atoms with van der Waals surface area (Å²) in [5.74, 6) is 7.42. The van der Waals surface area contributed by atoms with Crippen molar-refractivity contribution < 1.29 is 4.42 Å². The third-order valence-corrected chi connectivity index (χ3v) is 3.14. The molecule has 0 bridgehead atoms. The third kappa shape index (κ3) is 3.13. The first-order valence-electron chi connectivity index (χ1n) is 6.02. The lowest BCUT2D eigenvalue weighted by Crippen LogP contribution is -2.29. The van der Waals surface area contributed by atoms with Gasteiger partial charge in [-0.25, -0.2) is 5.43 Å². The van der Waals surface area contributed by atoms with Gasteiger partial charge in [-0.1, -0.05) is 30.7 Å². The molecule has 18 heavy (non-hydrogen) atoms. The maximum atomic E-state index is 5.97. The van der Waals surface area contributed by atoms with E-state index in [0.717, 1.165) is 34.9 Å². The van der Waals surface area contributed by atoms with Crippen LogP contribution in [0, 0.1) is 0 Å². The number of furan rings is 1. The molecule has 0 amide bonds. The van der Waals surface area contributed by atoms with Crippen LogP contribution >= 0.6 is 11.6 Å². The monoisotopic (exact) mass is 264 g/mol. The van der Waals surface area contributed by atoms with E-state index >= 15 is 0 Å². The largest absolute Gasteiger partial charge is 0.464 e. The Kier molecular flexibility index (Phi) is 4.42. The van der Waals surface area contributed by atoms with Crippen LogP contribution in [0.25, 0.3) is 0 Å². The molecule has 0 aliphatic carbocycles. The quantitative estimate of drug-likeness (QED) is 0.644. The number of nitrogens with two attached hydrogens (primary N) is 1. The van der Waals surface area contributed by atoms with E-state index < -0.39 is 0 Å². The molecule has 0 saturated carbocycles. The molecule has 1 aromatic heterocycles. The lowest BCUT2D eigenvalue weighted by molar-refractivity contribution is 0.396. The second-order valence-electron chi connectivity index (χ2n) is 4.21. The van der Waals surface area contributed by atoms with Gasteiger partial charge in [0.05, 0.1) is 6.04 Å². The summed E-state index contributed by atoms with van der Waals surface area (Å²) < 4.78 is 5.71. The number of halogens is 1. The first-order chi connectivity index (χ1) is 8.72. The van der Waals surface area contributed by atoms with Crippen LogP contribution in [0.5, 0.6) is 0 Å². The Morgan fingerprint density at radius 3 is 2.78 bits per heavy atom. The van der Waals surface area contributed by atoms with Crippen molar-refractivity contribution in [2.45, 2.75) is 25.8 Å². The van der Waals surface area contributed by atoms with Crippen molar-refractivity contribution in [2.24, 2.45) is 5.84 Å². The molecule has 0 radical (unpaired) electrons. The molecular weight excluding hydrogens is 248 g/mol. The van der Waals surface area contributed by atoms with Gasteiger partial charge in [0.15, 0.2) is 0 Å². The Morgan fingerprint density at radius 2 is 2.17 bits per heavy atom. The van der Waals surface area contributed by atoms with Gasteiger partial charge in [-0.05, 0) is 36.2 Å². The van der Waals surface area contributed by atoms with Gasteiger partial charge in [0.25, 0.3) is 0 Å². The first-order valence-corrected chi connectivity index (χ1v) is 6.40. The molecule has 0 fully saturated rings. The van der Waals surface area contributed by atoms with Gasteiger partial charge in [-0.3, -0.25) is 5.84 Å². The SMILES string of the molecule is CCc1ccc(C(Cc2cccc(Cl)c2)NN)o1. The minimum Gasteiger partial charge on any atom is -0.464 e. The molecule has 1 heterocycles. The Hall–Kier alpha value is -1.29. The predicted molar refractivity (Wildman–Crippen MR) is 73.3 cm³/mol. The highest BCUT2D eigenvalue weighted by molar-refractivity contribution is 6.30. The van der Waals surface area contributed by atoms with Gasteiger partial charge in [-0.2, -0.15) is 0 Å². The fourth-order valence-corrected chi connectivity index (χ4v) is 2.13. The highest BCUT2D eigenvalue weighted by atomic mass is 35.5. The van der Waals surface area contributed by atoms with E-state index in [9.17, 15) is 0 Å². The van der Waals surface area contributed by atoms with Crippen LogP contribution in [0.15, 0.2) is 40.8 Å². The van der Waals surface area contributed by atoms with Crippen molar-refractivity contribution in [3.63, 3.8) is 0 Å². The summed E-state index contributed by atoms with van der Waals surface area (Å²) in [5, 5.41) is 0.733. The van der Waals surface area contributed by atoms with Crippen LogP contribution < -0.4 is 11.3 Å².